The fourth-order valence-electron chi connectivity index (χ4n) is 1.03. The predicted octanol–water partition coefficient (Wildman–Crippen LogP) is 2.08. The molecule has 0 unspecified atom stereocenters. The van der Waals surface area contributed by atoms with E-state index in [0.717, 1.165) is 4.47 Å². The van der Waals surface area contributed by atoms with E-state index in [1.807, 2.05) is 6.07 Å². The van der Waals surface area contributed by atoms with E-state index in [-0.39, 0.29) is 5.41 Å². The van der Waals surface area contributed by atoms with Gasteiger partial charge < -0.3 is 5.73 Å². The molecule has 0 aromatic carbocycles. The summed E-state index contributed by atoms with van der Waals surface area (Å²) >= 11 is 3.45. The molecule has 0 aliphatic rings. The van der Waals surface area contributed by atoms with Crippen molar-refractivity contribution in [3.63, 3.8) is 0 Å². The van der Waals surface area contributed by atoms with Crippen molar-refractivity contribution in [2.75, 3.05) is 6.54 Å². The molecule has 0 bridgehead atoms. The van der Waals surface area contributed by atoms with E-state index in [1.54, 1.807) is 12.4 Å². The summed E-state index contributed by atoms with van der Waals surface area (Å²) in [5, 5.41) is 0. The molecule has 0 aliphatic heterocycles. The Morgan fingerprint density at radius 1 is 1.58 bits per heavy atom. The summed E-state index contributed by atoms with van der Waals surface area (Å²) in [5.74, 6) is 0. The lowest BCUT2D eigenvalue weighted by molar-refractivity contribution is 0.535. The normalized spacial score (nSPS) is 11.7. The van der Waals surface area contributed by atoms with Crippen LogP contribution in [0, 0.1) is 0 Å². The lowest BCUT2D eigenvalue weighted by atomic mass is 9.86. The zero-order valence-corrected chi connectivity index (χ0v) is 8.93. The second kappa shape index (κ2) is 3.54. The molecule has 12 heavy (non-hydrogen) atoms. The summed E-state index contributed by atoms with van der Waals surface area (Å²) in [5.41, 5.74) is 6.89. The first-order valence-corrected chi connectivity index (χ1v) is 4.67. The fraction of sp³-hybridized carbons (Fsp3) is 0.444. The average molecular weight is 229 g/mol. The standard InChI is InChI=1S/C9H13BrN2/c1-9(2,6-11)7-3-4-12-5-8(7)10/h3-5H,6,11H2,1-2H3. The van der Waals surface area contributed by atoms with Crippen LogP contribution in [-0.4, -0.2) is 11.5 Å². The minimum Gasteiger partial charge on any atom is -0.330 e. The summed E-state index contributed by atoms with van der Waals surface area (Å²) in [7, 11) is 0. The van der Waals surface area contributed by atoms with Crippen molar-refractivity contribution in [1.82, 2.24) is 4.98 Å². The van der Waals surface area contributed by atoms with Crippen molar-refractivity contribution >= 4 is 15.9 Å². The van der Waals surface area contributed by atoms with Gasteiger partial charge in [-0.15, -0.1) is 0 Å². The molecule has 1 aromatic rings. The van der Waals surface area contributed by atoms with E-state index in [2.05, 4.69) is 34.8 Å². The van der Waals surface area contributed by atoms with Gasteiger partial charge in [-0.25, -0.2) is 0 Å². The Labute approximate surface area is 81.3 Å². The molecular formula is C9H13BrN2. The molecule has 0 saturated heterocycles. The van der Waals surface area contributed by atoms with Crippen molar-refractivity contribution in [3.8, 4) is 0 Å². The number of hydrogen-bond donors (Lipinski definition) is 1. The molecule has 1 aromatic heterocycles. The molecule has 0 atom stereocenters. The minimum atomic E-state index is 0.0156. The van der Waals surface area contributed by atoms with Gasteiger partial charge in [-0.05, 0) is 27.6 Å². The van der Waals surface area contributed by atoms with Crippen LogP contribution in [-0.2, 0) is 5.41 Å². The third kappa shape index (κ3) is 1.84. The van der Waals surface area contributed by atoms with Crippen molar-refractivity contribution < 1.29 is 0 Å². The van der Waals surface area contributed by atoms with Gasteiger partial charge in [0, 0.05) is 28.8 Å². The van der Waals surface area contributed by atoms with Gasteiger partial charge in [0.2, 0.25) is 0 Å². The van der Waals surface area contributed by atoms with Crippen molar-refractivity contribution in [2.24, 2.45) is 5.73 Å². The highest BCUT2D eigenvalue weighted by molar-refractivity contribution is 9.10. The minimum absolute atomic E-state index is 0.0156. The SMILES string of the molecule is CC(C)(CN)c1ccncc1Br. The molecule has 1 heterocycles. The van der Waals surface area contributed by atoms with Gasteiger partial charge >= 0.3 is 0 Å². The maximum atomic E-state index is 5.67. The highest BCUT2D eigenvalue weighted by atomic mass is 79.9. The summed E-state index contributed by atoms with van der Waals surface area (Å²) in [6, 6.07) is 2.00. The molecule has 3 heteroatoms. The first kappa shape index (κ1) is 9.68. The second-order valence-electron chi connectivity index (χ2n) is 3.44. The van der Waals surface area contributed by atoms with Crippen molar-refractivity contribution in [2.45, 2.75) is 19.3 Å². The maximum absolute atomic E-state index is 5.67. The topological polar surface area (TPSA) is 38.9 Å². The van der Waals surface area contributed by atoms with Gasteiger partial charge in [0.1, 0.15) is 0 Å². The smallest absolute Gasteiger partial charge is 0.0413 e. The number of nitrogens with two attached hydrogens (primary N) is 1. The highest BCUT2D eigenvalue weighted by Crippen LogP contribution is 2.27. The van der Waals surface area contributed by atoms with Crippen LogP contribution in [0.25, 0.3) is 0 Å². The summed E-state index contributed by atoms with van der Waals surface area (Å²) in [6.45, 7) is 4.87. The number of aromatic nitrogens is 1. The van der Waals surface area contributed by atoms with Crippen LogP contribution in [0.5, 0.6) is 0 Å². The van der Waals surface area contributed by atoms with Crippen LogP contribution in [0.3, 0.4) is 0 Å². The Hall–Kier alpha value is -0.410. The summed E-state index contributed by atoms with van der Waals surface area (Å²) in [4.78, 5) is 4.01. The molecule has 66 valence electrons. The molecule has 0 saturated carbocycles. The highest BCUT2D eigenvalue weighted by Gasteiger charge is 2.20. The lowest BCUT2D eigenvalue weighted by Crippen LogP contribution is -2.28. The van der Waals surface area contributed by atoms with Crippen LogP contribution in [0.4, 0.5) is 0 Å². The van der Waals surface area contributed by atoms with Gasteiger partial charge in [-0.2, -0.15) is 0 Å². The summed E-state index contributed by atoms with van der Waals surface area (Å²) in [6.07, 6.45) is 3.59. The van der Waals surface area contributed by atoms with E-state index in [4.69, 9.17) is 5.73 Å². The number of nitrogens with zero attached hydrogens (tertiary/aromatic N) is 1. The van der Waals surface area contributed by atoms with E-state index >= 15 is 0 Å². The average Bonchev–Trinajstić information content (AvgIpc) is 2.05. The zero-order valence-electron chi connectivity index (χ0n) is 7.34. The quantitative estimate of drug-likeness (QED) is 0.843. The van der Waals surface area contributed by atoms with Crippen LogP contribution in [0.1, 0.15) is 19.4 Å². The molecule has 0 amide bonds. The Morgan fingerprint density at radius 2 is 2.25 bits per heavy atom. The number of pyridine rings is 1. The van der Waals surface area contributed by atoms with Crippen LogP contribution < -0.4 is 5.73 Å². The molecule has 0 radical (unpaired) electrons. The number of hydrogen-bond acceptors (Lipinski definition) is 2. The monoisotopic (exact) mass is 228 g/mol. The van der Waals surface area contributed by atoms with Gasteiger partial charge in [0.05, 0.1) is 0 Å². The molecular weight excluding hydrogens is 216 g/mol. The Kier molecular flexibility index (Phi) is 2.85. The van der Waals surface area contributed by atoms with Gasteiger partial charge in [0.15, 0.2) is 0 Å². The van der Waals surface area contributed by atoms with E-state index < -0.39 is 0 Å². The third-order valence-electron chi connectivity index (χ3n) is 2.01. The Morgan fingerprint density at radius 3 is 2.75 bits per heavy atom. The molecule has 0 aliphatic carbocycles. The molecule has 0 spiro atoms. The number of rotatable bonds is 2. The predicted molar refractivity (Wildman–Crippen MR) is 54.0 cm³/mol. The number of halogens is 1. The second-order valence-corrected chi connectivity index (χ2v) is 4.30. The van der Waals surface area contributed by atoms with E-state index in [0.29, 0.717) is 6.54 Å². The van der Waals surface area contributed by atoms with Gasteiger partial charge in [-0.1, -0.05) is 13.8 Å². The first-order valence-electron chi connectivity index (χ1n) is 3.88. The maximum Gasteiger partial charge on any atom is 0.0413 e. The molecule has 1 rings (SSSR count). The summed E-state index contributed by atoms with van der Waals surface area (Å²) < 4.78 is 1.03. The molecule has 0 fully saturated rings. The van der Waals surface area contributed by atoms with Crippen LogP contribution in [0.2, 0.25) is 0 Å². The van der Waals surface area contributed by atoms with E-state index in [9.17, 15) is 0 Å². The fourth-order valence-corrected chi connectivity index (χ4v) is 1.82. The third-order valence-corrected chi connectivity index (χ3v) is 2.64. The van der Waals surface area contributed by atoms with E-state index in [1.165, 1.54) is 5.56 Å². The van der Waals surface area contributed by atoms with Crippen LogP contribution in [0.15, 0.2) is 22.9 Å². The largest absolute Gasteiger partial charge is 0.330 e. The molecule has 2 nitrogen and oxygen atoms in total. The van der Waals surface area contributed by atoms with Crippen molar-refractivity contribution in [3.05, 3.63) is 28.5 Å². The van der Waals surface area contributed by atoms with Crippen LogP contribution >= 0.6 is 15.9 Å². The first-order chi connectivity index (χ1) is 5.58. The molecule has 2 N–H and O–H groups in total. The van der Waals surface area contributed by atoms with Gasteiger partial charge in [0.25, 0.3) is 0 Å². The van der Waals surface area contributed by atoms with Gasteiger partial charge in [-0.3, -0.25) is 4.98 Å². The Balaban J connectivity index is 3.10. The Bertz CT molecular complexity index is 271. The zero-order chi connectivity index (χ0) is 9.19. The van der Waals surface area contributed by atoms with Crippen molar-refractivity contribution in [1.29, 1.82) is 0 Å². The lowest BCUT2D eigenvalue weighted by Gasteiger charge is -2.23.